The van der Waals surface area contributed by atoms with E-state index in [0.717, 1.165) is 0 Å². The fraction of sp³-hybridized carbons (Fsp3) is 0.286. The third-order valence-corrected chi connectivity index (χ3v) is 2.85. The van der Waals surface area contributed by atoms with Gasteiger partial charge in [0.2, 0.25) is 0 Å². The number of carbonyl (C=O) groups is 1. The highest BCUT2D eigenvalue weighted by atomic mass is 16.5. The van der Waals surface area contributed by atoms with Crippen LogP contribution in [0, 0.1) is 11.3 Å². The Labute approximate surface area is 116 Å². The first-order valence-corrected chi connectivity index (χ1v) is 6.23. The maximum atomic E-state index is 12.0. The summed E-state index contributed by atoms with van der Waals surface area (Å²) in [6.45, 7) is 2.51. The van der Waals surface area contributed by atoms with Crippen LogP contribution in [-0.4, -0.2) is 42.2 Å². The summed E-state index contributed by atoms with van der Waals surface area (Å²) in [5.74, 6) is -0.350. The van der Waals surface area contributed by atoms with Gasteiger partial charge < -0.3 is 20.1 Å². The van der Waals surface area contributed by atoms with Gasteiger partial charge in [-0.05, 0) is 24.3 Å². The lowest BCUT2D eigenvalue weighted by atomic mass is 10.2. The van der Waals surface area contributed by atoms with E-state index >= 15 is 0 Å². The molecule has 0 bridgehead atoms. The Morgan fingerprint density at radius 1 is 1.35 bits per heavy atom. The first-order valence-electron chi connectivity index (χ1n) is 6.23. The molecule has 6 nitrogen and oxygen atoms in total. The SMILES string of the molecule is N#C/C(=C/N1CCOCC1)C(=O)Nc1ccc(O)cc1. The summed E-state index contributed by atoms with van der Waals surface area (Å²) in [5, 5.41) is 20.9. The zero-order valence-electron chi connectivity index (χ0n) is 10.9. The zero-order valence-corrected chi connectivity index (χ0v) is 10.9. The van der Waals surface area contributed by atoms with Gasteiger partial charge in [0.05, 0.1) is 13.2 Å². The van der Waals surface area contributed by atoms with Crippen molar-refractivity contribution < 1.29 is 14.6 Å². The van der Waals surface area contributed by atoms with Crippen LogP contribution in [0.15, 0.2) is 36.0 Å². The minimum absolute atomic E-state index is 0.0416. The van der Waals surface area contributed by atoms with Crippen molar-refractivity contribution in [2.24, 2.45) is 0 Å². The summed E-state index contributed by atoms with van der Waals surface area (Å²) in [4.78, 5) is 13.9. The molecule has 2 N–H and O–H groups in total. The minimum Gasteiger partial charge on any atom is -0.508 e. The number of phenolic OH excluding ortho intramolecular Hbond substituents is 1. The molecule has 0 unspecified atom stereocenters. The molecule has 1 fully saturated rings. The number of nitriles is 1. The summed E-state index contributed by atoms with van der Waals surface area (Å²) < 4.78 is 5.20. The highest BCUT2D eigenvalue weighted by Crippen LogP contribution is 2.14. The average molecular weight is 273 g/mol. The average Bonchev–Trinajstić information content (AvgIpc) is 2.48. The van der Waals surface area contributed by atoms with E-state index < -0.39 is 5.91 Å². The Bertz CT molecular complexity index is 540. The third kappa shape index (κ3) is 3.73. The predicted octanol–water partition coefficient (Wildman–Crippen LogP) is 1.07. The van der Waals surface area contributed by atoms with Crippen molar-refractivity contribution in [3.63, 3.8) is 0 Å². The Hall–Kier alpha value is -2.52. The number of anilines is 1. The van der Waals surface area contributed by atoms with Gasteiger partial charge in [-0.1, -0.05) is 0 Å². The molecule has 20 heavy (non-hydrogen) atoms. The lowest BCUT2D eigenvalue weighted by Gasteiger charge is -2.25. The van der Waals surface area contributed by atoms with E-state index in [0.29, 0.717) is 32.0 Å². The molecule has 1 saturated heterocycles. The molecule has 6 heteroatoms. The van der Waals surface area contributed by atoms with Gasteiger partial charge in [0, 0.05) is 25.0 Å². The molecule has 1 heterocycles. The highest BCUT2D eigenvalue weighted by molar-refractivity contribution is 6.06. The molecule has 104 valence electrons. The van der Waals surface area contributed by atoms with Crippen molar-refractivity contribution >= 4 is 11.6 Å². The van der Waals surface area contributed by atoms with E-state index in [1.807, 2.05) is 11.0 Å². The monoisotopic (exact) mass is 273 g/mol. The van der Waals surface area contributed by atoms with Crippen molar-refractivity contribution in [2.45, 2.75) is 0 Å². The summed E-state index contributed by atoms with van der Waals surface area (Å²) >= 11 is 0. The van der Waals surface area contributed by atoms with Crippen molar-refractivity contribution in [2.75, 3.05) is 31.6 Å². The molecule has 0 radical (unpaired) electrons. The number of hydrogen-bond acceptors (Lipinski definition) is 5. The molecular formula is C14H15N3O3. The number of nitrogens with zero attached hydrogens (tertiary/aromatic N) is 2. The summed E-state index contributed by atoms with van der Waals surface area (Å²) in [6, 6.07) is 7.96. The lowest BCUT2D eigenvalue weighted by molar-refractivity contribution is -0.112. The maximum Gasteiger partial charge on any atom is 0.267 e. The summed E-state index contributed by atoms with van der Waals surface area (Å²) in [7, 11) is 0. The molecule has 2 rings (SSSR count). The predicted molar refractivity (Wildman–Crippen MR) is 72.8 cm³/mol. The van der Waals surface area contributed by atoms with E-state index in [4.69, 9.17) is 15.1 Å². The van der Waals surface area contributed by atoms with Crippen LogP contribution in [0.25, 0.3) is 0 Å². The molecular weight excluding hydrogens is 258 g/mol. The molecule has 1 aromatic rings. The Kier molecular flexibility index (Phi) is 4.58. The first-order chi connectivity index (χ1) is 9.69. The number of carbonyl (C=O) groups excluding carboxylic acids is 1. The molecule has 0 atom stereocenters. The standard InChI is InChI=1S/C14H15N3O3/c15-9-11(10-17-5-7-20-8-6-17)14(19)16-12-1-3-13(18)4-2-12/h1-4,10,18H,5-8H2,(H,16,19)/b11-10-. The van der Waals surface area contributed by atoms with Crippen LogP contribution < -0.4 is 5.32 Å². The van der Waals surface area contributed by atoms with E-state index in [1.165, 1.54) is 12.1 Å². The summed E-state index contributed by atoms with van der Waals surface area (Å²) in [6.07, 6.45) is 1.55. The molecule has 1 amide bonds. The van der Waals surface area contributed by atoms with E-state index in [2.05, 4.69) is 5.32 Å². The number of rotatable bonds is 3. The third-order valence-electron chi connectivity index (χ3n) is 2.85. The molecule has 0 saturated carbocycles. The summed E-state index contributed by atoms with van der Waals surface area (Å²) in [5.41, 5.74) is 0.566. The first kappa shape index (κ1) is 13.9. The zero-order chi connectivity index (χ0) is 14.4. The van der Waals surface area contributed by atoms with Gasteiger partial charge in [-0.15, -0.1) is 0 Å². The van der Waals surface area contributed by atoms with Crippen LogP contribution >= 0.6 is 0 Å². The largest absolute Gasteiger partial charge is 0.508 e. The molecule has 1 aliphatic heterocycles. The van der Waals surface area contributed by atoms with Gasteiger partial charge in [0.15, 0.2) is 0 Å². The van der Waals surface area contributed by atoms with Crippen molar-refractivity contribution in [1.29, 1.82) is 5.26 Å². The second kappa shape index (κ2) is 6.59. The van der Waals surface area contributed by atoms with Gasteiger partial charge in [0.1, 0.15) is 17.4 Å². The van der Waals surface area contributed by atoms with Crippen molar-refractivity contribution in [1.82, 2.24) is 4.90 Å². The molecule has 1 aromatic carbocycles. The van der Waals surface area contributed by atoms with E-state index in [1.54, 1.807) is 18.3 Å². The second-order valence-corrected chi connectivity index (χ2v) is 4.30. The van der Waals surface area contributed by atoms with E-state index in [9.17, 15) is 4.79 Å². The van der Waals surface area contributed by atoms with Gasteiger partial charge in [-0.3, -0.25) is 4.79 Å². The number of amides is 1. The normalized spacial score (nSPS) is 15.6. The number of phenols is 1. The number of benzene rings is 1. The maximum absolute atomic E-state index is 12.0. The van der Waals surface area contributed by atoms with Crippen LogP contribution in [0.5, 0.6) is 5.75 Å². The van der Waals surface area contributed by atoms with Gasteiger partial charge in [-0.25, -0.2) is 0 Å². The van der Waals surface area contributed by atoms with Gasteiger partial charge >= 0.3 is 0 Å². The smallest absolute Gasteiger partial charge is 0.267 e. The van der Waals surface area contributed by atoms with Crippen LogP contribution in [0.1, 0.15) is 0 Å². The van der Waals surface area contributed by atoms with Crippen LogP contribution in [-0.2, 0) is 9.53 Å². The fourth-order valence-corrected chi connectivity index (χ4v) is 1.77. The Morgan fingerprint density at radius 3 is 2.60 bits per heavy atom. The van der Waals surface area contributed by atoms with Crippen LogP contribution in [0.2, 0.25) is 0 Å². The molecule has 0 spiro atoms. The number of morpholine rings is 1. The van der Waals surface area contributed by atoms with Gasteiger partial charge in [-0.2, -0.15) is 5.26 Å². The number of hydrogen-bond donors (Lipinski definition) is 2. The second-order valence-electron chi connectivity index (χ2n) is 4.30. The Balaban J connectivity index is 2.03. The molecule has 1 aliphatic rings. The van der Waals surface area contributed by atoms with Crippen molar-refractivity contribution in [3.8, 4) is 11.8 Å². The number of aromatic hydroxyl groups is 1. The number of ether oxygens (including phenoxy) is 1. The van der Waals surface area contributed by atoms with Crippen LogP contribution in [0.3, 0.4) is 0 Å². The van der Waals surface area contributed by atoms with Gasteiger partial charge in [0.25, 0.3) is 5.91 Å². The van der Waals surface area contributed by atoms with Crippen molar-refractivity contribution in [3.05, 3.63) is 36.0 Å². The molecule has 0 aromatic heterocycles. The quantitative estimate of drug-likeness (QED) is 0.489. The highest BCUT2D eigenvalue weighted by Gasteiger charge is 2.13. The van der Waals surface area contributed by atoms with Crippen LogP contribution in [0.4, 0.5) is 5.69 Å². The molecule has 0 aliphatic carbocycles. The Morgan fingerprint density at radius 2 is 2.00 bits per heavy atom. The lowest BCUT2D eigenvalue weighted by Crippen LogP contribution is -2.33. The van der Waals surface area contributed by atoms with E-state index in [-0.39, 0.29) is 11.3 Å². The minimum atomic E-state index is -0.468. The fourth-order valence-electron chi connectivity index (χ4n) is 1.77. The topological polar surface area (TPSA) is 85.6 Å². The number of nitrogens with one attached hydrogen (secondary N) is 1.